The summed E-state index contributed by atoms with van der Waals surface area (Å²) in [5, 5.41) is 4.00. The van der Waals surface area contributed by atoms with Crippen molar-refractivity contribution >= 4 is 38.4 Å². The molecule has 0 atom stereocenters. The van der Waals surface area contributed by atoms with Crippen LogP contribution >= 0.6 is 0 Å². The molecule has 0 unspecified atom stereocenters. The summed E-state index contributed by atoms with van der Waals surface area (Å²) in [6.07, 6.45) is 0. The predicted octanol–water partition coefficient (Wildman–Crippen LogP) is 4.84. The Morgan fingerprint density at radius 1 is 0.750 bits per heavy atom. The van der Waals surface area contributed by atoms with E-state index in [0.29, 0.717) is 0 Å². The van der Waals surface area contributed by atoms with E-state index < -0.39 is 0 Å². The van der Waals surface area contributed by atoms with Gasteiger partial charge < -0.3 is 0 Å². The maximum atomic E-state index is 2.42. The molecule has 2 heteroatoms. The van der Waals surface area contributed by atoms with Crippen LogP contribution in [0.1, 0.15) is 11.1 Å². The molecule has 0 bridgehead atoms. The van der Waals surface area contributed by atoms with Gasteiger partial charge in [-0.2, -0.15) is 4.40 Å². The second kappa shape index (κ2) is 4.57. The lowest BCUT2D eigenvalue weighted by Crippen LogP contribution is -2.27. The van der Waals surface area contributed by atoms with Gasteiger partial charge in [-0.05, 0) is 43.2 Å². The molecule has 3 aromatic carbocycles. The lowest BCUT2D eigenvalue weighted by Gasteiger charge is -2.09. The molecule has 0 aliphatic rings. The quantitative estimate of drug-likeness (QED) is 0.286. The third kappa shape index (κ3) is 1.53. The Bertz CT molecular complexity index is 1280. The highest BCUT2D eigenvalue weighted by atomic mass is 15.1. The number of imidazole rings is 1. The lowest BCUT2D eigenvalue weighted by molar-refractivity contribution is -0.617. The van der Waals surface area contributed by atoms with Crippen molar-refractivity contribution in [2.24, 2.45) is 7.05 Å². The van der Waals surface area contributed by atoms with Crippen LogP contribution in [0.15, 0.2) is 60.7 Å². The van der Waals surface area contributed by atoms with E-state index in [0.717, 1.165) is 0 Å². The molecular weight excluding hydrogens is 292 g/mol. The first-order valence-corrected chi connectivity index (χ1v) is 8.38. The molecule has 116 valence electrons. The largest absolute Gasteiger partial charge is 0.295 e. The lowest BCUT2D eigenvalue weighted by atomic mass is 9.98. The minimum Gasteiger partial charge on any atom is -0.225 e. The van der Waals surface area contributed by atoms with Gasteiger partial charge in [0.05, 0.1) is 12.4 Å². The van der Waals surface area contributed by atoms with Crippen molar-refractivity contribution in [2.75, 3.05) is 0 Å². The van der Waals surface area contributed by atoms with Crippen molar-refractivity contribution < 1.29 is 4.57 Å². The van der Waals surface area contributed by atoms with Gasteiger partial charge in [-0.1, -0.05) is 42.5 Å². The summed E-state index contributed by atoms with van der Waals surface area (Å²) in [4.78, 5) is 0. The first-order valence-electron chi connectivity index (χ1n) is 8.38. The molecule has 0 amide bonds. The average molecular weight is 311 g/mol. The van der Waals surface area contributed by atoms with E-state index in [1.165, 1.54) is 49.5 Å². The molecule has 0 fully saturated rings. The van der Waals surface area contributed by atoms with Crippen molar-refractivity contribution in [2.45, 2.75) is 13.8 Å². The minimum absolute atomic E-state index is 1.26. The second-order valence-corrected chi connectivity index (χ2v) is 6.65. The highest BCUT2D eigenvalue weighted by Gasteiger charge is 2.23. The summed E-state index contributed by atoms with van der Waals surface area (Å²) in [7, 11) is 2.17. The van der Waals surface area contributed by atoms with Gasteiger partial charge in [0.2, 0.25) is 0 Å². The number of nitrogens with zero attached hydrogens (tertiary/aromatic N) is 2. The average Bonchev–Trinajstić information content (AvgIpc) is 2.91. The van der Waals surface area contributed by atoms with Crippen LogP contribution in [0.25, 0.3) is 38.4 Å². The van der Waals surface area contributed by atoms with Crippen LogP contribution in [0.4, 0.5) is 0 Å². The molecular formula is C22H19N2+. The highest BCUT2D eigenvalue weighted by molar-refractivity contribution is 6.13. The molecule has 2 aromatic heterocycles. The van der Waals surface area contributed by atoms with Crippen molar-refractivity contribution in [1.82, 2.24) is 4.40 Å². The third-order valence-corrected chi connectivity index (χ3v) is 5.41. The van der Waals surface area contributed by atoms with Crippen molar-refractivity contribution in [3.8, 4) is 0 Å². The number of pyridine rings is 1. The van der Waals surface area contributed by atoms with E-state index in [4.69, 9.17) is 0 Å². The highest BCUT2D eigenvalue weighted by Crippen LogP contribution is 2.33. The fourth-order valence-electron chi connectivity index (χ4n) is 4.06. The number of para-hydroxylation sites is 3. The first-order chi connectivity index (χ1) is 11.7. The number of hydrogen-bond donors (Lipinski definition) is 0. The summed E-state index contributed by atoms with van der Waals surface area (Å²) in [5.41, 5.74) is 7.75. The summed E-state index contributed by atoms with van der Waals surface area (Å²) in [6, 6.07) is 21.9. The van der Waals surface area contributed by atoms with Crippen LogP contribution < -0.4 is 4.57 Å². The summed E-state index contributed by atoms with van der Waals surface area (Å²) in [5.74, 6) is 0. The van der Waals surface area contributed by atoms with E-state index in [-0.39, 0.29) is 0 Å². The molecule has 0 aliphatic carbocycles. The zero-order valence-electron chi connectivity index (χ0n) is 14.2. The van der Waals surface area contributed by atoms with E-state index >= 15 is 0 Å². The first kappa shape index (κ1) is 13.6. The molecule has 5 aromatic rings. The van der Waals surface area contributed by atoms with Gasteiger partial charge in [-0.3, -0.25) is 0 Å². The number of hydrogen-bond acceptors (Lipinski definition) is 0. The predicted molar refractivity (Wildman–Crippen MR) is 101 cm³/mol. The standard InChI is InChI=1S/C22H19N2/c1-14-12-13-17-16-8-4-5-9-18(16)24-20-11-7-6-10-19(20)23(3)22(24)21(17)15(14)2/h4-13H,1-3H3/q+1. The number of benzene rings is 3. The molecule has 2 nitrogen and oxygen atoms in total. The third-order valence-electron chi connectivity index (χ3n) is 5.41. The minimum atomic E-state index is 1.26. The van der Waals surface area contributed by atoms with E-state index in [2.05, 4.69) is 90.5 Å². The van der Waals surface area contributed by atoms with Crippen LogP contribution in [0.3, 0.4) is 0 Å². The van der Waals surface area contributed by atoms with Crippen LogP contribution in [0, 0.1) is 13.8 Å². The molecule has 0 N–H and O–H groups in total. The number of fused-ring (bicyclic) bond motifs is 8. The van der Waals surface area contributed by atoms with Gasteiger partial charge >= 0.3 is 0 Å². The smallest absolute Gasteiger partial charge is 0.225 e. The molecule has 0 saturated heterocycles. The number of aryl methyl sites for hydroxylation is 3. The van der Waals surface area contributed by atoms with Gasteiger partial charge in [-0.15, -0.1) is 0 Å². The molecule has 0 radical (unpaired) electrons. The van der Waals surface area contributed by atoms with Gasteiger partial charge in [0.15, 0.2) is 11.0 Å². The summed E-state index contributed by atoms with van der Waals surface area (Å²) in [6.45, 7) is 4.44. The summed E-state index contributed by atoms with van der Waals surface area (Å²) < 4.78 is 4.75. The fraction of sp³-hybridized carbons (Fsp3) is 0.136. The SMILES string of the molecule is Cc1ccc2c3ccccc3n3c4ccccc4[n+](C)c3c2c1C. The Labute approximate surface area is 140 Å². The van der Waals surface area contributed by atoms with Gasteiger partial charge in [0, 0.05) is 10.8 Å². The molecule has 0 spiro atoms. The van der Waals surface area contributed by atoms with Crippen LogP contribution in [-0.2, 0) is 7.05 Å². The Hall–Kier alpha value is -2.87. The van der Waals surface area contributed by atoms with E-state index in [1.54, 1.807) is 0 Å². The van der Waals surface area contributed by atoms with Crippen molar-refractivity contribution in [1.29, 1.82) is 0 Å². The molecule has 2 heterocycles. The van der Waals surface area contributed by atoms with Crippen molar-refractivity contribution in [3.05, 3.63) is 71.8 Å². The second-order valence-electron chi connectivity index (χ2n) is 6.65. The van der Waals surface area contributed by atoms with Gasteiger partial charge in [0.25, 0.3) is 5.65 Å². The number of aromatic nitrogens is 2. The zero-order valence-corrected chi connectivity index (χ0v) is 14.2. The molecule has 0 aliphatic heterocycles. The van der Waals surface area contributed by atoms with Crippen LogP contribution in [-0.4, -0.2) is 4.40 Å². The molecule has 5 rings (SSSR count). The zero-order chi connectivity index (χ0) is 16.4. The maximum Gasteiger partial charge on any atom is 0.295 e. The summed E-state index contributed by atoms with van der Waals surface area (Å²) >= 11 is 0. The molecule has 0 saturated carbocycles. The maximum absolute atomic E-state index is 2.42. The Kier molecular flexibility index (Phi) is 2.58. The van der Waals surface area contributed by atoms with E-state index in [1.807, 2.05) is 0 Å². The Balaban J connectivity index is 2.29. The topological polar surface area (TPSA) is 8.29 Å². The Morgan fingerprint density at radius 2 is 1.46 bits per heavy atom. The van der Waals surface area contributed by atoms with Gasteiger partial charge in [-0.25, -0.2) is 4.57 Å². The van der Waals surface area contributed by atoms with Gasteiger partial charge in [0.1, 0.15) is 5.52 Å². The fourth-order valence-corrected chi connectivity index (χ4v) is 4.06. The van der Waals surface area contributed by atoms with Crippen LogP contribution in [0.5, 0.6) is 0 Å². The Morgan fingerprint density at radius 3 is 2.29 bits per heavy atom. The normalized spacial score (nSPS) is 12.0. The van der Waals surface area contributed by atoms with Crippen molar-refractivity contribution in [3.63, 3.8) is 0 Å². The monoisotopic (exact) mass is 311 g/mol. The van der Waals surface area contributed by atoms with E-state index in [9.17, 15) is 0 Å². The van der Waals surface area contributed by atoms with Crippen LogP contribution in [0.2, 0.25) is 0 Å². The number of rotatable bonds is 0. The molecule has 24 heavy (non-hydrogen) atoms.